The Hall–Kier alpha value is -3.03. The Bertz CT molecular complexity index is 1110. The molecule has 0 unspecified atom stereocenters. The fourth-order valence-electron chi connectivity index (χ4n) is 3.98. The minimum Gasteiger partial charge on any atom is -0.350 e. The number of pyridine rings is 1. The molecule has 1 N–H and O–H groups in total. The Morgan fingerprint density at radius 1 is 0.935 bits per heavy atom. The standard InChI is InChI=1S/C24H25N3O3S/c28-24(26-17-21-11-7-8-16-25-21)20-14-15-23(19-9-3-1-4-10-19)27(18-20)31(29,30)22-12-5-2-6-13-22/h1-13,16,20,23H,14-15,17-18H2,(H,26,28)/t20-,23-/m1/s1. The molecule has 0 aliphatic carbocycles. The van der Waals surface area contributed by atoms with Crippen LogP contribution in [0.1, 0.15) is 30.1 Å². The van der Waals surface area contributed by atoms with Crippen molar-refractivity contribution in [2.75, 3.05) is 6.54 Å². The molecule has 3 aromatic rings. The summed E-state index contributed by atoms with van der Waals surface area (Å²) in [4.78, 5) is 17.3. The van der Waals surface area contributed by atoms with Crippen molar-refractivity contribution in [1.29, 1.82) is 0 Å². The van der Waals surface area contributed by atoms with Crippen LogP contribution in [-0.4, -0.2) is 30.2 Å². The summed E-state index contributed by atoms with van der Waals surface area (Å²) in [6, 6.07) is 23.3. The van der Waals surface area contributed by atoms with Gasteiger partial charge < -0.3 is 5.32 Å². The van der Waals surface area contributed by atoms with Crippen molar-refractivity contribution in [1.82, 2.24) is 14.6 Å². The lowest BCUT2D eigenvalue weighted by atomic mass is 9.90. The lowest BCUT2D eigenvalue weighted by molar-refractivity contribution is -0.126. The van der Waals surface area contributed by atoms with Crippen LogP contribution in [-0.2, 0) is 21.4 Å². The van der Waals surface area contributed by atoms with E-state index < -0.39 is 15.9 Å². The largest absolute Gasteiger partial charge is 0.350 e. The maximum Gasteiger partial charge on any atom is 0.243 e. The molecule has 1 fully saturated rings. The predicted molar refractivity (Wildman–Crippen MR) is 118 cm³/mol. The first kappa shape index (κ1) is 21.2. The molecule has 1 saturated heterocycles. The number of carbonyl (C=O) groups is 1. The van der Waals surface area contributed by atoms with Gasteiger partial charge in [-0.05, 0) is 42.7 Å². The topological polar surface area (TPSA) is 79.4 Å². The molecule has 6 nitrogen and oxygen atoms in total. The van der Waals surface area contributed by atoms with Gasteiger partial charge in [-0.1, -0.05) is 54.6 Å². The first-order valence-electron chi connectivity index (χ1n) is 10.3. The number of amides is 1. The van der Waals surface area contributed by atoms with Gasteiger partial charge in [-0.3, -0.25) is 9.78 Å². The van der Waals surface area contributed by atoms with Gasteiger partial charge in [0, 0.05) is 12.7 Å². The Labute approximate surface area is 183 Å². The van der Waals surface area contributed by atoms with Crippen molar-refractivity contribution < 1.29 is 13.2 Å². The van der Waals surface area contributed by atoms with Crippen molar-refractivity contribution in [3.05, 3.63) is 96.3 Å². The zero-order chi connectivity index (χ0) is 21.7. The van der Waals surface area contributed by atoms with Crippen LogP contribution < -0.4 is 5.32 Å². The fraction of sp³-hybridized carbons (Fsp3) is 0.250. The van der Waals surface area contributed by atoms with Crippen molar-refractivity contribution in [3.63, 3.8) is 0 Å². The van der Waals surface area contributed by atoms with E-state index in [2.05, 4.69) is 10.3 Å². The summed E-state index contributed by atoms with van der Waals surface area (Å²) in [5.74, 6) is -0.562. The smallest absolute Gasteiger partial charge is 0.243 e. The lowest BCUT2D eigenvalue weighted by Gasteiger charge is -2.38. The third kappa shape index (κ3) is 4.84. The molecule has 160 valence electrons. The van der Waals surface area contributed by atoms with Gasteiger partial charge in [0.15, 0.2) is 0 Å². The molecule has 7 heteroatoms. The minimum absolute atomic E-state index is 0.144. The highest BCUT2D eigenvalue weighted by Crippen LogP contribution is 2.37. The van der Waals surface area contributed by atoms with Crippen molar-refractivity contribution in [2.45, 2.75) is 30.3 Å². The van der Waals surface area contributed by atoms with Gasteiger partial charge in [-0.15, -0.1) is 0 Å². The van der Waals surface area contributed by atoms with Crippen LogP contribution >= 0.6 is 0 Å². The molecule has 2 aromatic carbocycles. The van der Waals surface area contributed by atoms with E-state index in [0.717, 1.165) is 11.3 Å². The van der Waals surface area contributed by atoms with E-state index in [1.807, 2.05) is 48.5 Å². The molecule has 2 atom stereocenters. The van der Waals surface area contributed by atoms with Gasteiger partial charge in [0.1, 0.15) is 0 Å². The van der Waals surface area contributed by atoms with Crippen LogP contribution in [0.25, 0.3) is 0 Å². The van der Waals surface area contributed by atoms with Crippen molar-refractivity contribution in [2.24, 2.45) is 5.92 Å². The molecule has 4 rings (SSSR count). The summed E-state index contributed by atoms with van der Waals surface area (Å²) in [6.07, 6.45) is 2.88. The second-order valence-electron chi connectivity index (χ2n) is 7.63. The lowest BCUT2D eigenvalue weighted by Crippen LogP contribution is -2.46. The quantitative estimate of drug-likeness (QED) is 0.642. The van der Waals surface area contributed by atoms with Gasteiger partial charge in [-0.2, -0.15) is 4.31 Å². The molecule has 1 aromatic heterocycles. The van der Waals surface area contributed by atoms with Crippen molar-refractivity contribution in [3.8, 4) is 0 Å². The number of rotatable bonds is 6. The molecule has 31 heavy (non-hydrogen) atoms. The van der Waals surface area contributed by atoms with Crippen LogP contribution in [0, 0.1) is 5.92 Å². The number of piperidine rings is 1. The maximum atomic E-state index is 13.5. The minimum atomic E-state index is -3.75. The number of nitrogens with zero attached hydrogens (tertiary/aromatic N) is 2. The highest BCUT2D eigenvalue weighted by atomic mass is 32.2. The number of carbonyl (C=O) groups excluding carboxylic acids is 1. The van der Waals surface area contributed by atoms with Crippen molar-refractivity contribution >= 4 is 15.9 Å². The summed E-state index contributed by atoms with van der Waals surface area (Å²) < 4.78 is 28.5. The number of hydrogen-bond acceptors (Lipinski definition) is 4. The second-order valence-corrected chi connectivity index (χ2v) is 9.52. The van der Waals surface area contributed by atoms with Gasteiger partial charge in [0.25, 0.3) is 0 Å². The van der Waals surface area contributed by atoms with Crippen LogP contribution in [0.2, 0.25) is 0 Å². The Balaban J connectivity index is 1.57. The second kappa shape index (κ2) is 9.41. The van der Waals surface area contributed by atoms with Crippen LogP contribution in [0.15, 0.2) is 90.0 Å². The Morgan fingerprint density at radius 3 is 2.29 bits per heavy atom. The van der Waals surface area contributed by atoms with E-state index in [4.69, 9.17) is 0 Å². The fourth-order valence-corrected chi connectivity index (χ4v) is 5.69. The predicted octanol–water partition coefficient (Wildman–Crippen LogP) is 3.54. The van der Waals surface area contributed by atoms with E-state index in [1.165, 1.54) is 4.31 Å². The highest BCUT2D eigenvalue weighted by molar-refractivity contribution is 7.89. The van der Waals surface area contributed by atoms with E-state index in [0.29, 0.717) is 19.4 Å². The number of aromatic nitrogens is 1. The highest BCUT2D eigenvalue weighted by Gasteiger charge is 2.39. The Morgan fingerprint density at radius 2 is 1.61 bits per heavy atom. The van der Waals surface area contributed by atoms with E-state index in [-0.39, 0.29) is 23.4 Å². The van der Waals surface area contributed by atoms with Crippen LogP contribution in [0.5, 0.6) is 0 Å². The average molecular weight is 436 g/mol. The number of sulfonamides is 1. The molecular weight excluding hydrogens is 410 g/mol. The molecule has 0 spiro atoms. The Kier molecular flexibility index (Phi) is 6.44. The van der Waals surface area contributed by atoms with E-state index in [1.54, 1.807) is 36.5 Å². The average Bonchev–Trinajstić information content (AvgIpc) is 2.84. The molecule has 2 heterocycles. The number of benzene rings is 2. The zero-order valence-corrected chi connectivity index (χ0v) is 17.9. The summed E-state index contributed by atoms with van der Waals surface area (Å²) in [6.45, 7) is 0.467. The van der Waals surface area contributed by atoms with E-state index in [9.17, 15) is 13.2 Å². The van der Waals surface area contributed by atoms with Gasteiger partial charge in [-0.25, -0.2) is 8.42 Å². The number of nitrogens with one attached hydrogen (secondary N) is 1. The number of hydrogen-bond donors (Lipinski definition) is 1. The summed E-state index contributed by atoms with van der Waals surface area (Å²) in [7, 11) is -3.75. The molecular formula is C24H25N3O3S. The third-order valence-electron chi connectivity index (χ3n) is 5.61. The first-order valence-corrected chi connectivity index (χ1v) is 11.8. The molecule has 1 amide bonds. The monoisotopic (exact) mass is 435 g/mol. The van der Waals surface area contributed by atoms with Gasteiger partial charge in [0.2, 0.25) is 15.9 Å². The molecule has 1 aliphatic rings. The molecule has 1 aliphatic heterocycles. The zero-order valence-electron chi connectivity index (χ0n) is 17.1. The normalized spacial score (nSPS) is 19.6. The van der Waals surface area contributed by atoms with Crippen LogP contribution in [0.4, 0.5) is 0 Å². The SMILES string of the molecule is O=C(NCc1ccccn1)[C@@H]1CC[C@H](c2ccccc2)N(S(=O)(=O)c2ccccc2)C1. The first-order chi connectivity index (χ1) is 15.1. The molecule has 0 saturated carbocycles. The van der Waals surface area contributed by atoms with Gasteiger partial charge in [0.05, 0.1) is 29.1 Å². The summed E-state index contributed by atoms with van der Waals surface area (Å²) >= 11 is 0. The maximum absolute atomic E-state index is 13.5. The summed E-state index contributed by atoms with van der Waals surface area (Å²) in [5.41, 5.74) is 1.71. The van der Waals surface area contributed by atoms with Crippen LogP contribution in [0.3, 0.4) is 0 Å². The molecule has 0 bridgehead atoms. The van der Waals surface area contributed by atoms with E-state index >= 15 is 0 Å². The molecule has 0 radical (unpaired) electrons. The third-order valence-corrected chi connectivity index (χ3v) is 7.50. The van der Waals surface area contributed by atoms with Gasteiger partial charge >= 0.3 is 0 Å². The summed E-state index contributed by atoms with van der Waals surface area (Å²) in [5, 5.41) is 2.91.